The maximum atomic E-state index is 11.8. The zero-order valence-electron chi connectivity index (χ0n) is 48.1. The molecule has 0 saturated carbocycles. The van der Waals surface area contributed by atoms with Crippen LogP contribution in [-0.2, 0) is 49.4 Å². The SMILES string of the molecule is CCCCCC=C[Si]12O[Si]3(C=CCCCCC)O[Si]4(C=CCCCCC)O[Si](C=CCCCCC)(O1)O[Si]1(C=CCCCCCCC)O[Si](C=CCCCCC)(O2)O[Si](C=CCCCCC)(O3)O[Si](CC(O)CO)(O4)O1. The molecule has 0 aromatic rings. The van der Waals surface area contributed by atoms with Gasteiger partial charge in [-0.1, -0.05) is 194 Å². The minimum absolute atomic E-state index is 0.266. The van der Waals surface area contributed by atoms with Gasteiger partial charge in [0.05, 0.1) is 12.7 Å². The Bertz CT molecular complexity index is 1800. The van der Waals surface area contributed by atoms with Gasteiger partial charge >= 0.3 is 70.4 Å². The average molecular weight is 1200 g/mol. The molecule has 6 aliphatic heterocycles. The molecule has 8 bridgehead atoms. The lowest BCUT2D eigenvalue weighted by molar-refractivity contribution is -0.0133. The molecule has 0 aromatic heterocycles. The predicted molar refractivity (Wildman–Crippen MR) is 319 cm³/mol. The molecule has 0 amide bonds. The summed E-state index contributed by atoms with van der Waals surface area (Å²) in [5.74, 6) is 0. The van der Waals surface area contributed by atoms with Gasteiger partial charge in [0.1, 0.15) is 0 Å². The summed E-state index contributed by atoms with van der Waals surface area (Å²) in [6.45, 7) is 14.8. The molecule has 0 aliphatic carbocycles. The molecule has 5 unspecified atom stereocenters. The van der Waals surface area contributed by atoms with Crippen molar-refractivity contribution < 1.29 is 59.6 Å². The van der Waals surface area contributed by atoms with E-state index in [1.165, 1.54) is 6.42 Å². The molecule has 0 aromatic carbocycles. The largest absolute Gasteiger partial charge is 0.507 e. The van der Waals surface area contributed by atoms with E-state index in [0.717, 1.165) is 173 Å². The minimum atomic E-state index is -4.59. The van der Waals surface area contributed by atoms with Gasteiger partial charge in [-0.05, 0) is 130 Å². The Hall–Kier alpha value is -0.645. The van der Waals surface area contributed by atoms with E-state index in [-0.39, 0.29) is 6.04 Å². The van der Waals surface area contributed by atoms with Gasteiger partial charge in [-0.25, -0.2) is 0 Å². The molecule has 2 N–H and O–H groups in total. The summed E-state index contributed by atoms with van der Waals surface area (Å²) in [4.78, 5) is 0. The van der Waals surface area contributed by atoms with Gasteiger partial charge in [-0.2, -0.15) is 0 Å². The van der Waals surface area contributed by atoms with Gasteiger partial charge < -0.3 is 59.6 Å². The van der Waals surface area contributed by atoms with E-state index >= 15 is 0 Å². The fraction of sp³-hybridized carbons (Fsp3) is 0.741. The molecule has 6 fully saturated rings. The molecule has 0 radical (unpaired) electrons. The van der Waals surface area contributed by atoms with Crippen LogP contribution in [0.5, 0.6) is 0 Å². The second kappa shape index (κ2) is 34.1. The summed E-state index contributed by atoms with van der Waals surface area (Å²) >= 11 is 0. The Balaban J connectivity index is 1.96. The highest BCUT2D eigenvalue weighted by Gasteiger charge is 2.82. The van der Waals surface area contributed by atoms with Crippen molar-refractivity contribution in [3.63, 3.8) is 0 Å². The number of unbranched alkanes of at least 4 members (excludes halogenated alkanes) is 23. The maximum absolute atomic E-state index is 11.8. The van der Waals surface area contributed by atoms with E-state index in [9.17, 15) is 10.2 Å². The molecule has 6 aliphatic rings. The van der Waals surface area contributed by atoms with E-state index in [2.05, 4.69) is 91.0 Å². The molecule has 22 heteroatoms. The molecule has 0 spiro atoms. The van der Waals surface area contributed by atoms with E-state index in [0.29, 0.717) is 12.8 Å². The predicted octanol–water partition coefficient (Wildman–Crippen LogP) is 14.6. The standard InChI is InChI=1S/C54H102O14Si8/c1-8-15-22-29-30-37-44-51-75-64-71(47-40-33-25-18-11-4)58-69(45-38-31-23-16-9-2)57-70(46-39-32-24-17-10-3)60-73(62-71,49-42-35-27-20-13-6)66-76(68-75,53-54(56)52-55)67-74(61-70,50-43-36-28-21-14-7)63-72(59-69,65-75)48-41-34-26-19-12-5/h38-51,54-56H,8-37,52-53H2,1-7H3. The zero-order valence-corrected chi connectivity index (χ0v) is 56.1. The van der Waals surface area contributed by atoms with Crippen molar-refractivity contribution >= 4 is 70.4 Å². The lowest BCUT2D eigenvalue weighted by Gasteiger charge is -2.60. The van der Waals surface area contributed by atoms with Gasteiger partial charge in [-0.3, -0.25) is 0 Å². The number of aliphatic hydroxyl groups excluding tert-OH is 2. The van der Waals surface area contributed by atoms with Crippen molar-refractivity contribution in [2.75, 3.05) is 6.61 Å². The lowest BCUT2D eigenvalue weighted by Crippen LogP contribution is -2.87. The van der Waals surface area contributed by atoms with Crippen LogP contribution in [0.15, 0.2) is 82.4 Å². The van der Waals surface area contributed by atoms with Crippen LogP contribution in [0.1, 0.15) is 241 Å². The number of hydrogen-bond acceptors (Lipinski definition) is 14. The summed E-state index contributed by atoms with van der Waals surface area (Å²) in [5, 5.41) is 22.6. The maximum Gasteiger partial charge on any atom is 0.507 e. The molecule has 6 rings (SSSR count). The van der Waals surface area contributed by atoms with Gasteiger partial charge in [0.2, 0.25) is 0 Å². The summed E-state index contributed by atoms with van der Waals surface area (Å²) in [5.41, 5.74) is 13.6. The Morgan fingerprint density at radius 1 is 0.276 bits per heavy atom. The van der Waals surface area contributed by atoms with E-state index in [1.54, 1.807) is 0 Å². The summed E-state index contributed by atoms with van der Waals surface area (Å²) in [6, 6.07) is -0.266. The molecule has 6 heterocycles. The summed E-state index contributed by atoms with van der Waals surface area (Å²) in [7, 11) is -35.7. The third-order valence-electron chi connectivity index (χ3n) is 13.7. The van der Waals surface area contributed by atoms with Gasteiger partial charge in [0.25, 0.3) is 0 Å². The third kappa shape index (κ3) is 20.7. The van der Waals surface area contributed by atoms with Crippen LogP contribution < -0.4 is 0 Å². The molecule has 434 valence electrons. The van der Waals surface area contributed by atoms with Crippen LogP contribution >= 0.6 is 0 Å². The molecule has 76 heavy (non-hydrogen) atoms. The number of aliphatic hydroxyl groups is 2. The van der Waals surface area contributed by atoms with E-state index in [4.69, 9.17) is 49.4 Å². The normalized spacial score (nSPS) is 33.1. The number of rotatable bonds is 40. The topological polar surface area (TPSA) is 151 Å². The van der Waals surface area contributed by atoms with Gasteiger partial charge in [-0.15, -0.1) is 0 Å². The van der Waals surface area contributed by atoms with E-state index < -0.39 is 83.1 Å². The Labute approximate surface area is 469 Å². The highest BCUT2D eigenvalue weighted by atomic mass is 28.6. The van der Waals surface area contributed by atoms with Crippen molar-refractivity contribution in [3.05, 3.63) is 82.4 Å². The first-order valence-electron chi connectivity index (χ1n) is 30.3. The van der Waals surface area contributed by atoms with Crippen LogP contribution in [0, 0.1) is 0 Å². The Kier molecular flexibility index (Phi) is 29.7. The quantitative estimate of drug-likeness (QED) is 0.0442. The third-order valence-corrected chi connectivity index (χ3v) is 46.8. The average Bonchev–Trinajstić information content (AvgIpc) is 3.55. The molecule has 5 atom stereocenters. The van der Waals surface area contributed by atoms with Gasteiger partial charge in [0, 0.05) is 6.04 Å². The van der Waals surface area contributed by atoms with Crippen LogP contribution in [0.3, 0.4) is 0 Å². The first-order chi connectivity index (χ1) is 36.9. The minimum Gasteiger partial charge on any atom is -0.394 e. The van der Waals surface area contributed by atoms with Crippen LogP contribution in [0.2, 0.25) is 6.04 Å². The summed E-state index contributed by atoms with van der Waals surface area (Å²) in [6.07, 6.45) is 42.2. The van der Waals surface area contributed by atoms with Crippen molar-refractivity contribution in [1.29, 1.82) is 0 Å². The number of hydrogen-bond donors (Lipinski definition) is 2. The smallest absolute Gasteiger partial charge is 0.394 e. The zero-order chi connectivity index (χ0) is 54.6. The number of allylic oxidation sites excluding steroid dienone is 7. The first-order valence-corrected chi connectivity index (χ1v) is 44.9. The van der Waals surface area contributed by atoms with Crippen LogP contribution in [0.25, 0.3) is 0 Å². The molecule has 14 nitrogen and oxygen atoms in total. The fourth-order valence-corrected chi connectivity index (χ4v) is 52.7. The lowest BCUT2D eigenvalue weighted by atomic mass is 10.1. The van der Waals surface area contributed by atoms with Crippen molar-refractivity contribution in [2.24, 2.45) is 0 Å². The molecule has 6 saturated heterocycles. The molecular weight excluding hydrogens is 1100 g/mol. The van der Waals surface area contributed by atoms with E-state index in [1.807, 2.05) is 39.9 Å². The fourth-order valence-electron chi connectivity index (χ4n) is 9.66. The Morgan fingerprint density at radius 3 is 0.671 bits per heavy atom. The van der Waals surface area contributed by atoms with Crippen molar-refractivity contribution in [2.45, 2.75) is 253 Å². The second-order valence-electron chi connectivity index (χ2n) is 21.2. The monoisotopic (exact) mass is 1200 g/mol. The molecular formula is C54H102O14Si8. The van der Waals surface area contributed by atoms with Crippen molar-refractivity contribution in [3.8, 4) is 0 Å². The summed E-state index contributed by atoms with van der Waals surface area (Å²) < 4.78 is 93.7. The first kappa shape index (κ1) is 66.2. The second-order valence-corrected chi connectivity index (χ2v) is 43.5. The van der Waals surface area contributed by atoms with Gasteiger partial charge in [0.15, 0.2) is 0 Å². The highest BCUT2D eigenvalue weighted by molar-refractivity contribution is 7.07. The van der Waals surface area contributed by atoms with Crippen molar-refractivity contribution in [1.82, 2.24) is 0 Å². The highest BCUT2D eigenvalue weighted by Crippen LogP contribution is 2.51. The van der Waals surface area contributed by atoms with Crippen LogP contribution in [-0.4, -0.2) is 93.4 Å². The van der Waals surface area contributed by atoms with Crippen LogP contribution in [0.4, 0.5) is 0 Å². The Morgan fingerprint density at radius 2 is 0.461 bits per heavy atom.